The van der Waals surface area contributed by atoms with Crippen LogP contribution >= 0.6 is 0 Å². The topological polar surface area (TPSA) is 71.3 Å². The van der Waals surface area contributed by atoms with Gasteiger partial charge in [-0.25, -0.2) is 4.68 Å². The standard InChI is InChI=1S/C18H27N5O2/c24-17-7-4-8-21(17)10-15-11-23(20-19-15)16-12-22(13-16)18(25)9-14-5-2-1-3-6-14/h11,14,16H,1-10,12-13H2. The highest BCUT2D eigenvalue weighted by Crippen LogP contribution is 2.29. The third-order valence-corrected chi connectivity index (χ3v) is 5.86. The first-order valence-corrected chi connectivity index (χ1v) is 9.65. The summed E-state index contributed by atoms with van der Waals surface area (Å²) in [6.07, 6.45) is 10.5. The van der Waals surface area contributed by atoms with E-state index in [4.69, 9.17) is 0 Å². The molecular formula is C18H27N5O2. The zero-order chi connectivity index (χ0) is 17.2. The minimum absolute atomic E-state index is 0.206. The van der Waals surface area contributed by atoms with Crippen LogP contribution in [0.4, 0.5) is 0 Å². The molecule has 4 rings (SSSR count). The number of hydrogen-bond donors (Lipinski definition) is 0. The molecule has 2 amide bonds. The Bertz CT molecular complexity index is 631. The van der Waals surface area contributed by atoms with Gasteiger partial charge in [0, 0.05) is 32.5 Å². The molecular weight excluding hydrogens is 318 g/mol. The number of carbonyl (C=O) groups excluding carboxylic acids is 2. The van der Waals surface area contributed by atoms with Gasteiger partial charge in [-0.3, -0.25) is 9.59 Å². The van der Waals surface area contributed by atoms with Gasteiger partial charge in [0.05, 0.1) is 18.8 Å². The number of likely N-dealkylation sites (tertiary alicyclic amines) is 2. The second kappa shape index (κ2) is 7.14. The third-order valence-electron chi connectivity index (χ3n) is 5.86. The zero-order valence-electron chi connectivity index (χ0n) is 14.8. The van der Waals surface area contributed by atoms with Gasteiger partial charge in [0.2, 0.25) is 11.8 Å². The Morgan fingerprint density at radius 2 is 1.96 bits per heavy atom. The maximum absolute atomic E-state index is 12.4. The van der Waals surface area contributed by atoms with Gasteiger partial charge in [0.1, 0.15) is 5.69 Å². The van der Waals surface area contributed by atoms with E-state index in [-0.39, 0.29) is 11.9 Å². The van der Waals surface area contributed by atoms with Crippen LogP contribution in [0.15, 0.2) is 6.20 Å². The molecule has 1 aliphatic carbocycles. The first-order chi connectivity index (χ1) is 12.2. The largest absolute Gasteiger partial charge is 0.338 e. The fourth-order valence-electron chi connectivity index (χ4n) is 4.22. The summed E-state index contributed by atoms with van der Waals surface area (Å²) >= 11 is 0. The summed E-state index contributed by atoms with van der Waals surface area (Å²) in [6, 6.07) is 0.228. The lowest BCUT2D eigenvalue weighted by Crippen LogP contribution is -2.51. The van der Waals surface area contributed by atoms with E-state index in [0.29, 0.717) is 31.2 Å². The predicted molar refractivity (Wildman–Crippen MR) is 91.5 cm³/mol. The average Bonchev–Trinajstić information content (AvgIpc) is 3.17. The van der Waals surface area contributed by atoms with Crippen molar-refractivity contribution in [1.82, 2.24) is 24.8 Å². The van der Waals surface area contributed by atoms with Crippen LogP contribution in [0.3, 0.4) is 0 Å². The summed E-state index contributed by atoms with van der Waals surface area (Å²) in [4.78, 5) is 27.9. The molecule has 136 valence electrons. The van der Waals surface area contributed by atoms with E-state index in [1.54, 1.807) is 0 Å². The second-order valence-corrected chi connectivity index (χ2v) is 7.77. The van der Waals surface area contributed by atoms with E-state index in [2.05, 4.69) is 10.3 Å². The monoisotopic (exact) mass is 345 g/mol. The number of carbonyl (C=O) groups is 2. The number of amides is 2. The molecule has 1 aromatic heterocycles. The van der Waals surface area contributed by atoms with E-state index >= 15 is 0 Å². The quantitative estimate of drug-likeness (QED) is 0.815. The SMILES string of the molecule is O=C1CCCN1Cc1cn(C2CN(C(=O)CC3CCCCC3)C2)nn1. The molecule has 3 fully saturated rings. The molecule has 25 heavy (non-hydrogen) atoms. The highest BCUT2D eigenvalue weighted by molar-refractivity contribution is 5.78. The lowest BCUT2D eigenvalue weighted by molar-refractivity contribution is -0.138. The van der Waals surface area contributed by atoms with Crippen molar-refractivity contribution < 1.29 is 9.59 Å². The van der Waals surface area contributed by atoms with Gasteiger partial charge in [0.15, 0.2) is 0 Å². The second-order valence-electron chi connectivity index (χ2n) is 7.77. The van der Waals surface area contributed by atoms with Crippen LogP contribution in [0, 0.1) is 5.92 Å². The van der Waals surface area contributed by atoms with Gasteiger partial charge in [-0.05, 0) is 25.2 Å². The van der Waals surface area contributed by atoms with Crippen LogP contribution in [0.25, 0.3) is 0 Å². The molecule has 0 spiro atoms. The molecule has 1 aromatic rings. The van der Waals surface area contributed by atoms with E-state index in [9.17, 15) is 9.59 Å². The molecule has 7 heteroatoms. The predicted octanol–water partition coefficient (Wildman–Crippen LogP) is 1.75. The molecule has 2 saturated heterocycles. The van der Waals surface area contributed by atoms with Crippen LogP contribution in [0.1, 0.15) is 63.1 Å². The first-order valence-electron chi connectivity index (χ1n) is 9.65. The van der Waals surface area contributed by atoms with E-state index in [1.165, 1.54) is 32.1 Å². The fraction of sp³-hybridized carbons (Fsp3) is 0.778. The first kappa shape index (κ1) is 16.5. The Labute approximate surface area is 148 Å². The number of aromatic nitrogens is 3. The summed E-state index contributed by atoms with van der Waals surface area (Å²) in [5.41, 5.74) is 0.835. The Morgan fingerprint density at radius 3 is 2.68 bits per heavy atom. The third kappa shape index (κ3) is 3.70. The van der Waals surface area contributed by atoms with Crippen LogP contribution in [0.2, 0.25) is 0 Å². The summed E-state index contributed by atoms with van der Waals surface area (Å²) in [5, 5.41) is 8.40. The van der Waals surface area contributed by atoms with Crippen molar-refractivity contribution in [1.29, 1.82) is 0 Å². The van der Waals surface area contributed by atoms with E-state index in [0.717, 1.165) is 31.7 Å². The van der Waals surface area contributed by atoms with Gasteiger partial charge in [-0.2, -0.15) is 0 Å². The molecule has 0 atom stereocenters. The summed E-state index contributed by atoms with van der Waals surface area (Å²) in [5.74, 6) is 1.10. The number of rotatable bonds is 5. The van der Waals surface area contributed by atoms with Gasteiger partial charge < -0.3 is 9.80 Å². The van der Waals surface area contributed by atoms with E-state index < -0.39 is 0 Å². The fourth-order valence-corrected chi connectivity index (χ4v) is 4.22. The van der Waals surface area contributed by atoms with Crippen molar-refractivity contribution in [2.24, 2.45) is 5.92 Å². The highest BCUT2D eigenvalue weighted by atomic mass is 16.2. The molecule has 0 unspecified atom stereocenters. The molecule has 0 bridgehead atoms. The van der Waals surface area contributed by atoms with E-state index in [1.807, 2.05) is 20.7 Å². The molecule has 1 saturated carbocycles. The van der Waals surface area contributed by atoms with Gasteiger partial charge >= 0.3 is 0 Å². The van der Waals surface area contributed by atoms with Crippen LogP contribution in [-0.2, 0) is 16.1 Å². The molecule has 0 N–H and O–H groups in total. The molecule has 7 nitrogen and oxygen atoms in total. The van der Waals surface area contributed by atoms with Crippen molar-refractivity contribution in [3.8, 4) is 0 Å². The Kier molecular flexibility index (Phi) is 4.72. The van der Waals surface area contributed by atoms with Crippen molar-refractivity contribution in [2.45, 2.75) is 64.0 Å². The minimum Gasteiger partial charge on any atom is -0.338 e. The summed E-state index contributed by atoms with van der Waals surface area (Å²) in [6.45, 7) is 2.84. The van der Waals surface area contributed by atoms with Crippen LogP contribution in [0.5, 0.6) is 0 Å². The Hall–Kier alpha value is -1.92. The lowest BCUT2D eigenvalue weighted by Gasteiger charge is -2.39. The minimum atomic E-state index is 0.206. The molecule has 2 aliphatic heterocycles. The normalized spacial score (nSPS) is 22.5. The lowest BCUT2D eigenvalue weighted by atomic mass is 9.86. The van der Waals surface area contributed by atoms with Crippen molar-refractivity contribution >= 4 is 11.8 Å². The van der Waals surface area contributed by atoms with Crippen molar-refractivity contribution in [3.05, 3.63) is 11.9 Å². The summed E-state index contributed by atoms with van der Waals surface area (Å²) in [7, 11) is 0. The van der Waals surface area contributed by atoms with Crippen LogP contribution < -0.4 is 0 Å². The van der Waals surface area contributed by atoms with Gasteiger partial charge in [0.25, 0.3) is 0 Å². The molecule has 3 heterocycles. The maximum Gasteiger partial charge on any atom is 0.222 e. The number of hydrogen-bond acceptors (Lipinski definition) is 4. The van der Waals surface area contributed by atoms with Gasteiger partial charge in [-0.15, -0.1) is 5.10 Å². The van der Waals surface area contributed by atoms with Crippen molar-refractivity contribution in [3.63, 3.8) is 0 Å². The summed E-state index contributed by atoms with van der Waals surface area (Å²) < 4.78 is 1.86. The van der Waals surface area contributed by atoms with Gasteiger partial charge in [-0.1, -0.05) is 24.5 Å². The molecule has 3 aliphatic rings. The van der Waals surface area contributed by atoms with Crippen LogP contribution in [-0.4, -0.2) is 56.2 Å². The number of nitrogens with zero attached hydrogens (tertiary/aromatic N) is 5. The van der Waals surface area contributed by atoms with Crippen molar-refractivity contribution in [2.75, 3.05) is 19.6 Å². The average molecular weight is 345 g/mol. The molecule has 0 radical (unpaired) electrons. The zero-order valence-corrected chi connectivity index (χ0v) is 14.8. The highest BCUT2D eigenvalue weighted by Gasteiger charge is 2.34. The maximum atomic E-state index is 12.4. The Morgan fingerprint density at radius 1 is 1.16 bits per heavy atom. The smallest absolute Gasteiger partial charge is 0.222 e. The Balaban J connectivity index is 1.24. The molecule has 0 aromatic carbocycles.